The van der Waals surface area contributed by atoms with E-state index in [0.717, 1.165) is 37.3 Å². The van der Waals surface area contributed by atoms with Crippen LogP contribution in [0.5, 0.6) is 11.5 Å². The number of nitrogens with zero attached hydrogens (tertiary/aromatic N) is 1. The van der Waals surface area contributed by atoms with E-state index in [2.05, 4.69) is 18.0 Å². The second-order valence-corrected chi connectivity index (χ2v) is 7.14. The van der Waals surface area contributed by atoms with Crippen LogP contribution < -0.4 is 9.47 Å². The largest absolute Gasteiger partial charge is 0.509 e. The molecule has 116 valence electrons. The van der Waals surface area contributed by atoms with Crippen molar-refractivity contribution in [3.8, 4) is 11.5 Å². The van der Waals surface area contributed by atoms with Gasteiger partial charge in [0.15, 0.2) is 17.6 Å². The standard InChI is InChI=1S/C18H21NO3/c1-19-8-7-18-11-4-5-13(20)17(18)22-16-14(21-2)6-3-10(15(16)18)9-12(11)19/h3,5-6,11-12,17,20H,4,7-9H2,1-2H3/t11?,12-,17?,18+/m1/s1. The lowest BCUT2D eigenvalue weighted by molar-refractivity contribution is -0.0224. The quantitative estimate of drug-likeness (QED) is 0.865. The molecule has 0 aromatic heterocycles. The van der Waals surface area contributed by atoms with Crippen LogP contribution in [-0.2, 0) is 11.8 Å². The summed E-state index contributed by atoms with van der Waals surface area (Å²) in [5.74, 6) is 2.60. The summed E-state index contributed by atoms with van der Waals surface area (Å²) < 4.78 is 11.8. The van der Waals surface area contributed by atoms with E-state index >= 15 is 0 Å². The zero-order chi connectivity index (χ0) is 15.1. The first-order valence-corrected chi connectivity index (χ1v) is 8.13. The first kappa shape index (κ1) is 12.8. The van der Waals surface area contributed by atoms with Crippen molar-refractivity contribution < 1.29 is 14.6 Å². The van der Waals surface area contributed by atoms with Crippen molar-refractivity contribution in [2.24, 2.45) is 5.92 Å². The molecule has 4 atom stereocenters. The van der Waals surface area contributed by atoms with E-state index in [1.54, 1.807) is 7.11 Å². The lowest BCUT2D eigenvalue weighted by Crippen LogP contribution is -2.63. The Morgan fingerprint density at radius 3 is 3.09 bits per heavy atom. The van der Waals surface area contributed by atoms with Crippen LogP contribution in [0.15, 0.2) is 24.0 Å². The van der Waals surface area contributed by atoms with Gasteiger partial charge in [0.05, 0.1) is 7.11 Å². The number of likely N-dealkylation sites (N-methyl/N-ethyl adjacent to an activating group) is 1. The van der Waals surface area contributed by atoms with Crippen LogP contribution in [-0.4, -0.2) is 42.9 Å². The molecule has 0 radical (unpaired) electrons. The van der Waals surface area contributed by atoms with Gasteiger partial charge in [0.2, 0.25) is 0 Å². The molecule has 2 unspecified atom stereocenters. The Balaban J connectivity index is 1.83. The van der Waals surface area contributed by atoms with Crippen molar-refractivity contribution in [3.63, 3.8) is 0 Å². The number of benzene rings is 1. The number of aliphatic hydroxyl groups is 1. The number of aliphatic hydroxyl groups excluding tert-OH is 1. The summed E-state index contributed by atoms with van der Waals surface area (Å²) in [6.45, 7) is 1.06. The van der Waals surface area contributed by atoms with Crippen LogP contribution in [0.2, 0.25) is 0 Å². The molecule has 2 aliphatic carbocycles. The second-order valence-electron chi connectivity index (χ2n) is 7.14. The van der Waals surface area contributed by atoms with Gasteiger partial charge in [-0.25, -0.2) is 0 Å². The van der Waals surface area contributed by atoms with Crippen molar-refractivity contribution >= 4 is 0 Å². The number of allylic oxidation sites excluding steroid dienone is 1. The highest BCUT2D eigenvalue weighted by Crippen LogP contribution is 2.63. The number of piperidine rings is 1. The van der Waals surface area contributed by atoms with Crippen LogP contribution in [0.3, 0.4) is 0 Å². The Kier molecular flexibility index (Phi) is 2.32. The summed E-state index contributed by atoms with van der Waals surface area (Å²) in [4.78, 5) is 2.49. The molecular formula is C18H21NO3. The van der Waals surface area contributed by atoms with Gasteiger partial charge in [0.1, 0.15) is 5.76 Å². The van der Waals surface area contributed by atoms with E-state index in [4.69, 9.17) is 9.47 Å². The first-order valence-electron chi connectivity index (χ1n) is 8.13. The van der Waals surface area contributed by atoms with E-state index in [0.29, 0.717) is 17.7 Å². The van der Waals surface area contributed by atoms with E-state index in [1.165, 1.54) is 11.1 Å². The third kappa shape index (κ3) is 1.25. The van der Waals surface area contributed by atoms with E-state index < -0.39 is 0 Å². The minimum absolute atomic E-state index is 0.0620. The summed E-state index contributed by atoms with van der Waals surface area (Å²) in [5.41, 5.74) is 2.64. The summed E-state index contributed by atoms with van der Waals surface area (Å²) in [5, 5.41) is 10.5. The molecule has 4 aliphatic rings. The lowest BCUT2D eigenvalue weighted by Gasteiger charge is -2.56. The lowest BCUT2D eigenvalue weighted by atomic mass is 9.53. The smallest absolute Gasteiger partial charge is 0.166 e. The molecular weight excluding hydrogens is 278 g/mol. The molecule has 1 N–H and O–H groups in total. The molecule has 1 saturated heterocycles. The predicted molar refractivity (Wildman–Crippen MR) is 82.6 cm³/mol. The van der Waals surface area contributed by atoms with E-state index in [9.17, 15) is 5.11 Å². The maximum atomic E-state index is 10.5. The molecule has 0 saturated carbocycles. The molecule has 1 spiro atoms. The molecule has 4 heteroatoms. The highest BCUT2D eigenvalue weighted by molar-refractivity contribution is 5.62. The van der Waals surface area contributed by atoms with Crippen LogP contribution in [0.25, 0.3) is 0 Å². The van der Waals surface area contributed by atoms with Gasteiger partial charge in [-0.05, 0) is 56.5 Å². The van der Waals surface area contributed by atoms with Gasteiger partial charge in [-0.2, -0.15) is 0 Å². The van der Waals surface area contributed by atoms with Crippen LogP contribution >= 0.6 is 0 Å². The molecule has 1 aromatic carbocycles. The second kappa shape index (κ2) is 3.99. The number of hydrogen-bond donors (Lipinski definition) is 1. The van der Waals surface area contributed by atoms with Gasteiger partial charge in [0, 0.05) is 17.0 Å². The maximum Gasteiger partial charge on any atom is 0.166 e. The topological polar surface area (TPSA) is 41.9 Å². The highest BCUT2D eigenvalue weighted by Gasteiger charge is 2.64. The minimum Gasteiger partial charge on any atom is -0.509 e. The molecule has 0 amide bonds. The van der Waals surface area contributed by atoms with E-state index in [-0.39, 0.29) is 11.5 Å². The summed E-state index contributed by atoms with van der Waals surface area (Å²) in [6.07, 6.45) is 4.80. The average molecular weight is 299 g/mol. The number of likely N-dealkylation sites (tertiary alicyclic amines) is 1. The number of hydrogen-bond acceptors (Lipinski definition) is 4. The summed E-state index contributed by atoms with van der Waals surface area (Å²) >= 11 is 0. The van der Waals surface area contributed by atoms with Crippen LogP contribution in [0, 0.1) is 5.92 Å². The molecule has 1 aromatic rings. The molecule has 4 nitrogen and oxygen atoms in total. The van der Waals surface area contributed by atoms with Gasteiger partial charge in [-0.15, -0.1) is 0 Å². The van der Waals surface area contributed by atoms with Gasteiger partial charge in [-0.3, -0.25) is 0 Å². The Hall–Kier alpha value is -1.68. The van der Waals surface area contributed by atoms with E-state index in [1.807, 2.05) is 12.1 Å². The molecule has 2 heterocycles. The zero-order valence-electron chi connectivity index (χ0n) is 13.0. The van der Waals surface area contributed by atoms with Crippen molar-refractivity contribution in [2.75, 3.05) is 20.7 Å². The molecule has 22 heavy (non-hydrogen) atoms. The molecule has 2 aliphatic heterocycles. The van der Waals surface area contributed by atoms with Crippen molar-refractivity contribution in [2.45, 2.75) is 36.8 Å². The third-order valence-corrected chi connectivity index (χ3v) is 6.45. The average Bonchev–Trinajstić information content (AvgIpc) is 2.88. The highest BCUT2D eigenvalue weighted by atomic mass is 16.5. The van der Waals surface area contributed by atoms with Crippen molar-refractivity contribution in [1.82, 2.24) is 4.90 Å². The maximum absolute atomic E-state index is 10.5. The number of methoxy groups -OCH3 is 1. The monoisotopic (exact) mass is 299 g/mol. The Morgan fingerprint density at radius 1 is 1.41 bits per heavy atom. The Labute approximate surface area is 130 Å². The van der Waals surface area contributed by atoms with Gasteiger partial charge in [0.25, 0.3) is 0 Å². The van der Waals surface area contributed by atoms with Crippen LogP contribution in [0.1, 0.15) is 24.0 Å². The summed E-state index contributed by atoms with van der Waals surface area (Å²) in [7, 11) is 3.92. The fourth-order valence-electron chi connectivity index (χ4n) is 5.49. The number of rotatable bonds is 1. The Morgan fingerprint density at radius 2 is 2.27 bits per heavy atom. The SMILES string of the molecule is COc1ccc2c3c1OC1C(O)=CCC4[C@@H](C2)N(C)CC[C@]314. The predicted octanol–water partition coefficient (Wildman–Crippen LogP) is 2.42. The molecule has 5 rings (SSSR count). The Bertz CT molecular complexity index is 698. The normalized spacial score (nSPS) is 38.1. The molecule has 1 fully saturated rings. The van der Waals surface area contributed by atoms with Crippen molar-refractivity contribution in [1.29, 1.82) is 0 Å². The van der Waals surface area contributed by atoms with Gasteiger partial charge >= 0.3 is 0 Å². The van der Waals surface area contributed by atoms with Gasteiger partial charge in [-0.1, -0.05) is 6.07 Å². The minimum atomic E-state index is -0.229. The fourth-order valence-corrected chi connectivity index (χ4v) is 5.49. The first-order chi connectivity index (χ1) is 10.7. The molecule has 2 bridgehead atoms. The third-order valence-electron chi connectivity index (χ3n) is 6.45. The zero-order valence-corrected chi connectivity index (χ0v) is 13.0. The fraction of sp³-hybridized carbons (Fsp3) is 0.556. The summed E-state index contributed by atoms with van der Waals surface area (Å²) in [6, 6.07) is 4.75. The van der Waals surface area contributed by atoms with Crippen LogP contribution in [0.4, 0.5) is 0 Å². The number of ether oxygens (including phenoxy) is 2. The van der Waals surface area contributed by atoms with Gasteiger partial charge < -0.3 is 19.5 Å². The van der Waals surface area contributed by atoms with Crippen molar-refractivity contribution in [3.05, 3.63) is 35.1 Å².